The van der Waals surface area contributed by atoms with Crippen LogP contribution in [0, 0.1) is 5.82 Å². The van der Waals surface area contributed by atoms with Crippen molar-refractivity contribution in [1.29, 1.82) is 0 Å². The molecule has 0 spiro atoms. The fourth-order valence-electron chi connectivity index (χ4n) is 1.40. The smallest absolute Gasteiger partial charge is 0.123 e. The van der Waals surface area contributed by atoms with Crippen molar-refractivity contribution in [2.75, 3.05) is 19.8 Å². The van der Waals surface area contributed by atoms with Gasteiger partial charge in [-0.05, 0) is 44.2 Å². The van der Waals surface area contributed by atoms with Gasteiger partial charge in [-0.2, -0.15) is 0 Å². The van der Waals surface area contributed by atoms with Gasteiger partial charge < -0.3 is 5.11 Å². The van der Waals surface area contributed by atoms with Gasteiger partial charge in [0.25, 0.3) is 0 Å². The molecule has 0 aliphatic carbocycles. The first-order chi connectivity index (χ1) is 8.56. The Labute approximate surface area is 123 Å². The minimum atomic E-state index is -0.247. The second-order valence-electron chi connectivity index (χ2n) is 3.74. The first kappa shape index (κ1) is 15.8. The Hall–Kier alpha value is -0.290. The zero-order chi connectivity index (χ0) is 13.5. The zero-order valence-corrected chi connectivity index (χ0v) is 13.3. The van der Waals surface area contributed by atoms with Crippen LogP contribution in [-0.2, 0) is 0 Å². The standard InChI is InChI=1S/C13H16FINOP/c1-10(9-17)7-12(8-16(15)18-2)11-3-5-13(14)6-4-11/h3-7,17-18H,1,8-9H2,2H3/b12-7+. The highest BCUT2D eigenvalue weighted by atomic mass is 127. The summed E-state index contributed by atoms with van der Waals surface area (Å²) >= 11 is 2.25. The molecule has 0 radical (unpaired) electrons. The predicted octanol–water partition coefficient (Wildman–Crippen LogP) is 3.63. The number of hydrogen-bond donors (Lipinski definition) is 1. The lowest BCUT2D eigenvalue weighted by molar-refractivity contribution is 0.335. The summed E-state index contributed by atoms with van der Waals surface area (Å²) in [5.74, 6) is -0.247. The molecule has 0 heterocycles. The minimum absolute atomic E-state index is 0.0691. The van der Waals surface area contributed by atoms with Crippen LogP contribution in [0.25, 0.3) is 5.57 Å². The van der Waals surface area contributed by atoms with Crippen LogP contribution in [-0.4, -0.2) is 27.8 Å². The second kappa shape index (κ2) is 8.00. The van der Waals surface area contributed by atoms with E-state index in [-0.39, 0.29) is 12.4 Å². The predicted molar refractivity (Wildman–Crippen MR) is 85.6 cm³/mol. The molecule has 1 rings (SSSR count). The molecule has 18 heavy (non-hydrogen) atoms. The third-order valence-corrected chi connectivity index (χ3v) is 4.78. The van der Waals surface area contributed by atoms with Crippen molar-refractivity contribution in [3.63, 3.8) is 0 Å². The molecule has 2 nitrogen and oxygen atoms in total. The molecular formula is C13H16FINOP. The van der Waals surface area contributed by atoms with Crippen molar-refractivity contribution < 1.29 is 9.50 Å². The average Bonchev–Trinajstić information content (AvgIpc) is 2.38. The molecule has 0 aliphatic heterocycles. The van der Waals surface area contributed by atoms with E-state index in [1.54, 1.807) is 12.1 Å². The Balaban J connectivity index is 3.00. The number of aliphatic hydroxyl groups is 1. The molecule has 0 aromatic heterocycles. The lowest BCUT2D eigenvalue weighted by atomic mass is 10.0. The molecule has 0 saturated carbocycles. The SMILES string of the molecule is C=C(/C=C(\CN(I)PC)c1ccc(F)cc1)CO. The van der Waals surface area contributed by atoms with E-state index >= 15 is 0 Å². The Morgan fingerprint density at radius 2 is 2.11 bits per heavy atom. The van der Waals surface area contributed by atoms with Crippen LogP contribution < -0.4 is 0 Å². The third-order valence-electron chi connectivity index (χ3n) is 2.35. The van der Waals surface area contributed by atoms with Gasteiger partial charge in [0.1, 0.15) is 5.82 Å². The van der Waals surface area contributed by atoms with Crippen molar-refractivity contribution in [3.05, 3.63) is 53.9 Å². The summed E-state index contributed by atoms with van der Waals surface area (Å²) < 4.78 is 15.1. The summed E-state index contributed by atoms with van der Waals surface area (Å²) in [5.41, 5.74) is 2.63. The zero-order valence-electron chi connectivity index (χ0n) is 10.2. The summed E-state index contributed by atoms with van der Waals surface area (Å²) in [4.78, 5) is 0. The normalized spacial score (nSPS) is 12.6. The molecule has 1 atom stereocenters. The molecule has 1 aromatic carbocycles. The summed E-state index contributed by atoms with van der Waals surface area (Å²) in [7, 11) is 0.677. The van der Waals surface area contributed by atoms with Gasteiger partial charge in [0.05, 0.1) is 6.61 Å². The second-order valence-corrected chi connectivity index (χ2v) is 6.80. The highest BCUT2D eigenvalue weighted by molar-refractivity contribution is 14.1. The van der Waals surface area contributed by atoms with Crippen molar-refractivity contribution in [3.8, 4) is 0 Å². The van der Waals surface area contributed by atoms with Gasteiger partial charge in [0.15, 0.2) is 0 Å². The molecule has 0 saturated heterocycles. The maximum atomic E-state index is 12.9. The Kier molecular flexibility index (Phi) is 7.00. The minimum Gasteiger partial charge on any atom is -0.392 e. The van der Waals surface area contributed by atoms with E-state index in [1.165, 1.54) is 12.1 Å². The Bertz CT molecular complexity index is 433. The number of nitrogens with zero attached hydrogens (tertiary/aromatic N) is 1. The van der Waals surface area contributed by atoms with E-state index in [2.05, 4.69) is 39.0 Å². The average molecular weight is 379 g/mol. The molecule has 0 aliphatic rings. The summed E-state index contributed by atoms with van der Waals surface area (Å²) in [6, 6.07) is 6.37. The van der Waals surface area contributed by atoms with Crippen LogP contribution in [0.1, 0.15) is 5.56 Å². The fourth-order valence-corrected chi connectivity index (χ4v) is 2.10. The lowest BCUT2D eigenvalue weighted by Crippen LogP contribution is -2.05. The molecule has 1 aromatic rings. The topological polar surface area (TPSA) is 23.5 Å². The summed E-state index contributed by atoms with van der Waals surface area (Å²) in [6.07, 6.45) is 1.86. The van der Waals surface area contributed by atoms with E-state index in [9.17, 15) is 4.39 Å². The highest BCUT2D eigenvalue weighted by Crippen LogP contribution is 2.26. The first-order valence-electron chi connectivity index (χ1n) is 5.42. The van der Waals surface area contributed by atoms with Crippen LogP contribution in [0.3, 0.4) is 0 Å². The number of rotatable bonds is 6. The van der Waals surface area contributed by atoms with Gasteiger partial charge in [-0.3, -0.25) is 0 Å². The van der Waals surface area contributed by atoms with Gasteiger partial charge in [-0.1, -0.05) is 24.8 Å². The van der Waals surface area contributed by atoms with Crippen LogP contribution in [0.5, 0.6) is 0 Å². The van der Waals surface area contributed by atoms with Gasteiger partial charge >= 0.3 is 0 Å². The lowest BCUT2D eigenvalue weighted by Gasteiger charge is -2.15. The van der Waals surface area contributed by atoms with Crippen molar-refractivity contribution >= 4 is 37.2 Å². The molecule has 0 fully saturated rings. The first-order valence-corrected chi connectivity index (χ1v) is 7.84. The molecule has 5 heteroatoms. The van der Waals surface area contributed by atoms with Gasteiger partial charge in [-0.25, -0.2) is 7.27 Å². The van der Waals surface area contributed by atoms with E-state index < -0.39 is 0 Å². The van der Waals surface area contributed by atoms with Crippen LogP contribution in [0.4, 0.5) is 4.39 Å². The number of benzene rings is 1. The van der Waals surface area contributed by atoms with Crippen LogP contribution in [0.2, 0.25) is 0 Å². The molecule has 1 N–H and O–H groups in total. The fraction of sp³-hybridized carbons (Fsp3) is 0.231. The van der Waals surface area contributed by atoms with Gasteiger partial charge in [0.2, 0.25) is 0 Å². The Morgan fingerprint density at radius 1 is 1.50 bits per heavy atom. The van der Waals surface area contributed by atoms with Crippen molar-refractivity contribution in [2.45, 2.75) is 0 Å². The van der Waals surface area contributed by atoms with Gasteiger partial charge in [0, 0.05) is 29.4 Å². The van der Waals surface area contributed by atoms with Crippen molar-refractivity contribution in [2.24, 2.45) is 0 Å². The largest absolute Gasteiger partial charge is 0.392 e. The Morgan fingerprint density at radius 3 is 2.61 bits per heavy atom. The monoisotopic (exact) mass is 379 g/mol. The molecule has 0 bridgehead atoms. The van der Waals surface area contributed by atoms with E-state index in [0.717, 1.165) is 17.7 Å². The maximum Gasteiger partial charge on any atom is 0.123 e. The molecule has 98 valence electrons. The van der Waals surface area contributed by atoms with Gasteiger partial charge in [-0.15, -0.1) is 0 Å². The van der Waals surface area contributed by atoms with Crippen LogP contribution in [0.15, 0.2) is 42.5 Å². The van der Waals surface area contributed by atoms with E-state index in [4.69, 9.17) is 5.11 Å². The van der Waals surface area contributed by atoms with Crippen LogP contribution >= 0.6 is 31.6 Å². The summed E-state index contributed by atoms with van der Waals surface area (Å²) in [5, 5.41) is 9.05. The van der Waals surface area contributed by atoms with E-state index in [1.807, 2.05) is 6.08 Å². The number of hydrogen-bond acceptors (Lipinski definition) is 2. The number of halogens is 2. The highest BCUT2D eigenvalue weighted by Gasteiger charge is 2.06. The quantitative estimate of drug-likeness (QED) is 0.353. The molecular weight excluding hydrogens is 363 g/mol. The third kappa shape index (κ3) is 5.14. The maximum absolute atomic E-state index is 12.9. The van der Waals surface area contributed by atoms with Crippen molar-refractivity contribution in [1.82, 2.24) is 2.88 Å². The molecule has 1 unspecified atom stereocenters. The molecule has 0 amide bonds. The number of aliphatic hydroxyl groups excluding tert-OH is 1. The van der Waals surface area contributed by atoms with E-state index in [0.29, 0.717) is 14.3 Å². The summed E-state index contributed by atoms with van der Waals surface area (Å²) in [6.45, 7) is 6.53.